The number of piperazine rings is 1. The second-order valence-corrected chi connectivity index (χ2v) is 11.8. The summed E-state index contributed by atoms with van der Waals surface area (Å²) >= 11 is 0. The van der Waals surface area contributed by atoms with Crippen LogP contribution in [0.1, 0.15) is 36.8 Å². The number of anilines is 1. The van der Waals surface area contributed by atoms with Gasteiger partial charge in [-0.25, -0.2) is 17.2 Å². The number of halogens is 2. The molecule has 2 aliphatic rings. The normalized spacial score (nSPS) is 17.2. The molecule has 8 nitrogen and oxygen atoms in total. The van der Waals surface area contributed by atoms with Crippen LogP contribution in [0.2, 0.25) is 0 Å². The number of rotatable bonds is 7. The Morgan fingerprint density at radius 3 is 2.34 bits per heavy atom. The number of hydrogen-bond donors (Lipinski definition) is 0. The molecule has 1 saturated carbocycles. The van der Waals surface area contributed by atoms with Crippen molar-refractivity contribution in [3.8, 4) is 11.4 Å². The molecule has 0 atom stereocenters. The van der Waals surface area contributed by atoms with Crippen LogP contribution in [0, 0.1) is 18.6 Å². The third-order valence-corrected chi connectivity index (χ3v) is 8.85. The Kier molecular flexibility index (Phi) is 7.49. The van der Waals surface area contributed by atoms with Gasteiger partial charge in [0.1, 0.15) is 17.3 Å². The highest BCUT2D eigenvalue weighted by atomic mass is 32.2. The summed E-state index contributed by atoms with van der Waals surface area (Å²) in [6.45, 7) is 3.10. The first kappa shape index (κ1) is 26.3. The van der Waals surface area contributed by atoms with Crippen LogP contribution in [-0.2, 0) is 15.8 Å². The largest absolute Gasteiger partial charge is 0.483 e. The standard InChI is InChI=1S/C27H30F2N4O4S/c1-19-5-4-6-20(13-19)18-38(35,36)32-11-9-31(10-12-32)25-17-30-33(23-15-21(28)14-22(29)16-23)27(34)26(25)37-24-7-2-3-8-24/h4-6,13-17,24H,2-3,7-12,18H2,1H3. The van der Waals surface area contributed by atoms with Gasteiger partial charge in [0.05, 0.1) is 23.7 Å². The fraction of sp³-hybridized carbons (Fsp3) is 0.407. The van der Waals surface area contributed by atoms with Gasteiger partial charge < -0.3 is 9.64 Å². The summed E-state index contributed by atoms with van der Waals surface area (Å²) in [5.74, 6) is -1.65. The van der Waals surface area contributed by atoms with Gasteiger partial charge in [-0.2, -0.15) is 14.1 Å². The van der Waals surface area contributed by atoms with Crippen LogP contribution in [0.3, 0.4) is 0 Å². The van der Waals surface area contributed by atoms with Gasteiger partial charge in [-0.3, -0.25) is 4.79 Å². The molecule has 202 valence electrons. The van der Waals surface area contributed by atoms with Crippen molar-refractivity contribution in [2.45, 2.75) is 44.5 Å². The predicted molar refractivity (Wildman–Crippen MR) is 140 cm³/mol. The Morgan fingerprint density at radius 2 is 1.68 bits per heavy atom. The van der Waals surface area contributed by atoms with Gasteiger partial charge in [-0.15, -0.1) is 0 Å². The number of aromatic nitrogens is 2. The highest BCUT2D eigenvalue weighted by Gasteiger charge is 2.30. The van der Waals surface area contributed by atoms with E-state index in [4.69, 9.17) is 4.74 Å². The predicted octanol–water partition coefficient (Wildman–Crippen LogP) is 3.79. The zero-order chi connectivity index (χ0) is 26.9. The molecular weight excluding hydrogens is 514 g/mol. The molecule has 2 fully saturated rings. The molecule has 0 N–H and O–H groups in total. The Labute approximate surface area is 220 Å². The zero-order valence-electron chi connectivity index (χ0n) is 21.1. The summed E-state index contributed by atoms with van der Waals surface area (Å²) in [6, 6.07) is 10.2. The molecule has 5 rings (SSSR count). The van der Waals surface area contributed by atoms with E-state index >= 15 is 0 Å². The third-order valence-electron chi connectivity index (χ3n) is 7.00. The smallest absolute Gasteiger partial charge is 0.316 e. The van der Waals surface area contributed by atoms with E-state index in [-0.39, 0.29) is 36.4 Å². The van der Waals surface area contributed by atoms with E-state index in [0.717, 1.165) is 59.7 Å². The molecule has 0 radical (unpaired) electrons. The van der Waals surface area contributed by atoms with Crippen LogP contribution in [0.15, 0.2) is 53.5 Å². The molecule has 11 heteroatoms. The Bertz CT molecular complexity index is 1460. The summed E-state index contributed by atoms with van der Waals surface area (Å²) in [5, 5.41) is 4.19. The lowest BCUT2D eigenvalue weighted by Gasteiger charge is -2.36. The summed E-state index contributed by atoms with van der Waals surface area (Å²) in [5.41, 5.74) is 1.53. The van der Waals surface area contributed by atoms with Gasteiger partial charge in [0.2, 0.25) is 15.8 Å². The van der Waals surface area contributed by atoms with Gasteiger partial charge >= 0.3 is 5.56 Å². The molecule has 3 aromatic rings. The van der Waals surface area contributed by atoms with Gasteiger partial charge in [0, 0.05) is 32.2 Å². The fourth-order valence-electron chi connectivity index (χ4n) is 5.09. The lowest BCUT2D eigenvalue weighted by molar-refractivity contribution is 0.205. The maximum atomic E-state index is 13.9. The molecule has 0 spiro atoms. The molecular formula is C27H30F2N4O4S. The highest BCUT2D eigenvalue weighted by Crippen LogP contribution is 2.30. The number of nitrogens with zero attached hydrogens (tertiary/aromatic N) is 4. The molecule has 38 heavy (non-hydrogen) atoms. The number of sulfonamides is 1. The van der Waals surface area contributed by atoms with Gasteiger partial charge in [0.15, 0.2) is 0 Å². The number of ether oxygens (including phenoxy) is 1. The molecule has 1 aromatic heterocycles. The maximum absolute atomic E-state index is 13.9. The van der Waals surface area contributed by atoms with E-state index in [2.05, 4.69) is 5.10 Å². The monoisotopic (exact) mass is 544 g/mol. The quantitative estimate of drug-likeness (QED) is 0.450. The molecule has 0 bridgehead atoms. The van der Waals surface area contributed by atoms with Crippen molar-refractivity contribution in [2.75, 3.05) is 31.1 Å². The van der Waals surface area contributed by atoms with Crippen LogP contribution >= 0.6 is 0 Å². The van der Waals surface area contributed by atoms with Crippen molar-refractivity contribution in [1.82, 2.24) is 14.1 Å². The summed E-state index contributed by atoms with van der Waals surface area (Å²) in [6.07, 6.45) is 4.91. The highest BCUT2D eigenvalue weighted by molar-refractivity contribution is 7.88. The van der Waals surface area contributed by atoms with Crippen LogP contribution in [0.4, 0.5) is 14.5 Å². The molecule has 0 amide bonds. The fourth-order valence-corrected chi connectivity index (χ4v) is 6.60. The lowest BCUT2D eigenvalue weighted by Crippen LogP contribution is -2.49. The molecule has 1 aliphatic carbocycles. The minimum atomic E-state index is -3.52. The van der Waals surface area contributed by atoms with Gasteiger partial charge in [-0.05, 0) is 50.3 Å². The minimum Gasteiger partial charge on any atom is -0.483 e. The summed E-state index contributed by atoms with van der Waals surface area (Å²) < 4.78 is 62.4. The molecule has 2 aromatic carbocycles. The van der Waals surface area contributed by atoms with Crippen LogP contribution in [0.25, 0.3) is 5.69 Å². The van der Waals surface area contributed by atoms with Crippen molar-refractivity contribution in [1.29, 1.82) is 0 Å². The van der Waals surface area contributed by atoms with E-state index in [0.29, 0.717) is 18.8 Å². The number of hydrogen-bond acceptors (Lipinski definition) is 6. The summed E-state index contributed by atoms with van der Waals surface area (Å²) in [4.78, 5) is 15.4. The van der Waals surface area contributed by atoms with Gasteiger partial charge in [0.25, 0.3) is 0 Å². The Balaban J connectivity index is 1.39. The van der Waals surface area contributed by atoms with Crippen molar-refractivity contribution < 1.29 is 21.9 Å². The average molecular weight is 545 g/mol. The van der Waals surface area contributed by atoms with Crippen molar-refractivity contribution >= 4 is 15.7 Å². The van der Waals surface area contributed by atoms with E-state index in [9.17, 15) is 22.0 Å². The zero-order valence-corrected chi connectivity index (χ0v) is 22.0. The Morgan fingerprint density at radius 1 is 1.00 bits per heavy atom. The number of benzene rings is 2. The lowest BCUT2D eigenvalue weighted by atomic mass is 10.2. The van der Waals surface area contributed by atoms with Crippen LogP contribution < -0.4 is 15.2 Å². The molecule has 2 heterocycles. The van der Waals surface area contributed by atoms with E-state index in [1.54, 1.807) is 6.07 Å². The topological polar surface area (TPSA) is 84.7 Å². The third kappa shape index (κ3) is 5.73. The van der Waals surface area contributed by atoms with Crippen LogP contribution in [-0.4, -0.2) is 54.8 Å². The molecule has 0 unspecified atom stereocenters. The van der Waals surface area contributed by atoms with Crippen molar-refractivity contribution in [3.63, 3.8) is 0 Å². The van der Waals surface area contributed by atoms with Gasteiger partial charge in [-0.1, -0.05) is 29.8 Å². The van der Waals surface area contributed by atoms with E-state index in [1.807, 2.05) is 30.0 Å². The second-order valence-electron chi connectivity index (χ2n) is 9.86. The van der Waals surface area contributed by atoms with E-state index < -0.39 is 27.2 Å². The SMILES string of the molecule is Cc1cccc(CS(=O)(=O)N2CCN(c3cnn(-c4cc(F)cc(F)c4)c(=O)c3OC3CCCC3)CC2)c1. The first-order valence-corrected chi connectivity index (χ1v) is 14.3. The first-order valence-electron chi connectivity index (χ1n) is 12.7. The molecule has 1 aliphatic heterocycles. The van der Waals surface area contributed by atoms with Crippen molar-refractivity contribution in [3.05, 3.63) is 81.8 Å². The van der Waals surface area contributed by atoms with E-state index in [1.165, 1.54) is 10.5 Å². The van der Waals surface area contributed by atoms with Crippen molar-refractivity contribution in [2.24, 2.45) is 0 Å². The number of aryl methyl sites for hydroxylation is 1. The second kappa shape index (κ2) is 10.8. The summed E-state index contributed by atoms with van der Waals surface area (Å²) in [7, 11) is -3.52. The average Bonchev–Trinajstić information content (AvgIpc) is 3.38. The van der Waals surface area contributed by atoms with Crippen LogP contribution in [0.5, 0.6) is 5.75 Å². The Hall–Kier alpha value is -3.31. The minimum absolute atomic E-state index is 0.0395. The maximum Gasteiger partial charge on any atom is 0.316 e. The first-order chi connectivity index (χ1) is 18.2. The molecule has 1 saturated heterocycles.